The number of phenolic OH excluding ortho intramolecular Hbond substituents is 2. The van der Waals surface area contributed by atoms with E-state index >= 15 is 0 Å². The zero-order chi connectivity index (χ0) is 24.4. The van der Waals surface area contributed by atoms with E-state index in [1.165, 1.54) is 0 Å². The molecule has 2 heterocycles. The van der Waals surface area contributed by atoms with Crippen LogP contribution in [0.5, 0.6) is 23.0 Å². The van der Waals surface area contributed by atoms with Gasteiger partial charge >= 0.3 is 0 Å². The number of nitrogens with zero attached hydrogens (tertiary/aromatic N) is 1. The summed E-state index contributed by atoms with van der Waals surface area (Å²) in [5.74, 6) is 1.92. The number of fused-ring (bicyclic) bond motifs is 1. The first kappa shape index (κ1) is 23.3. The second kappa shape index (κ2) is 10.0. The van der Waals surface area contributed by atoms with Gasteiger partial charge in [0.05, 0.1) is 12.7 Å². The minimum absolute atomic E-state index is 0.188. The third-order valence-corrected chi connectivity index (χ3v) is 6.62. The standard InChI is InChI=1S/C29H31NO5/c1-19-18-30(12-14-33-19)13-15-34-25-9-6-21(7-10-25)29-28(22-4-3-5-23(31)16-22)20(2)26-17-24(32)8-11-27(26)35-29/h3-11,16-17,19,29,31-32H,12-15,18H2,1-2H3/t19-,29?/m1/s1. The monoisotopic (exact) mass is 473 g/mol. The van der Waals surface area contributed by atoms with Crippen molar-refractivity contribution < 1.29 is 24.4 Å². The quantitative estimate of drug-likeness (QED) is 0.509. The topological polar surface area (TPSA) is 71.4 Å². The Morgan fingerprint density at radius 3 is 2.57 bits per heavy atom. The molecule has 0 amide bonds. The van der Waals surface area contributed by atoms with Crippen LogP contribution in [0.15, 0.2) is 66.7 Å². The molecular formula is C29H31NO5. The van der Waals surface area contributed by atoms with Gasteiger partial charge in [0.15, 0.2) is 0 Å². The van der Waals surface area contributed by atoms with Gasteiger partial charge in [-0.25, -0.2) is 0 Å². The molecule has 0 spiro atoms. The highest BCUT2D eigenvalue weighted by atomic mass is 16.5. The lowest BCUT2D eigenvalue weighted by Crippen LogP contribution is -2.42. The molecule has 182 valence electrons. The van der Waals surface area contributed by atoms with Gasteiger partial charge in [0.25, 0.3) is 0 Å². The summed E-state index contributed by atoms with van der Waals surface area (Å²) in [5.41, 5.74) is 4.65. The van der Waals surface area contributed by atoms with E-state index in [1.807, 2.05) is 43.3 Å². The lowest BCUT2D eigenvalue weighted by molar-refractivity contribution is -0.0214. The van der Waals surface area contributed by atoms with Crippen molar-refractivity contribution in [3.05, 3.63) is 83.4 Å². The summed E-state index contributed by atoms with van der Waals surface area (Å²) in [6.07, 6.45) is -0.0948. The predicted octanol–water partition coefficient (Wildman–Crippen LogP) is 5.26. The maximum absolute atomic E-state index is 10.1. The van der Waals surface area contributed by atoms with Gasteiger partial charge in [-0.15, -0.1) is 0 Å². The highest BCUT2D eigenvalue weighted by Gasteiger charge is 2.29. The fourth-order valence-electron chi connectivity index (χ4n) is 4.84. The normalized spacial score (nSPS) is 20.3. The number of hydrogen-bond donors (Lipinski definition) is 2. The summed E-state index contributed by atoms with van der Waals surface area (Å²) in [7, 11) is 0. The maximum Gasteiger partial charge on any atom is 0.150 e. The number of morpholine rings is 1. The van der Waals surface area contributed by atoms with Gasteiger partial charge in [-0.05, 0) is 73.0 Å². The minimum Gasteiger partial charge on any atom is -0.508 e. The molecule has 2 aliphatic heterocycles. The number of aromatic hydroxyl groups is 2. The van der Waals surface area contributed by atoms with Crippen LogP contribution in [0.4, 0.5) is 0 Å². The molecule has 0 bridgehead atoms. The summed E-state index contributed by atoms with van der Waals surface area (Å²) in [6, 6.07) is 20.3. The van der Waals surface area contributed by atoms with Gasteiger partial charge in [-0.1, -0.05) is 24.3 Å². The van der Waals surface area contributed by atoms with Crippen molar-refractivity contribution in [1.82, 2.24) is 4.90 Å². The van der Waals surface area contributed by atoms with E-state index in [9.17, 15) is 10.2 Å². The van der Waals surface area contributed by atoms with Crippen LogP contribution in [-0.4, -0.2) is 54.1 Å². The lowest BCUT2D eigenvalue weighted by Gasteiger charge is -2.31. The molecule has 2 aliphatic rings. The highest BCUT2D eigenvalue weighted by Crippen LogP contribution is 2.47. The van der Waals surface area contributed by atoms with Crippen molar-refractivity contribution in [1.29, 1.82) is 0 Å². The number of allylic oxidation sites excluding steroid dienone is 1. The average Bonchev–Trinajstić information content (AvgIpc) is 2.85. The molecule has 6 heteroatoms. The van der Waals surface area contributed by atoms with E-state index in [0.29, 0.717) is 12.4 Å². The number of benzene rings is 3. The van der Waals surface area contributed by atoms with Crippen LogP contribution in [0, 0.1) is 0 Å². The van der Waals surface area contributed by atoms with Gasteiger partial charge in [-0.2, -0.15) is 0 Å². The first-order valence-electron chi connectivity index (χ1n) is 12.0. The summed E-state index contributed by atoms with van der Waals surface area (Å²) in [4.78, 5) is 2.36. The van der Waals surface area contributed by atoms with E-state index in [0.717, 1.165) is 59.8 Å². The van der Waals surface area contributed by atoms with Crippen LogP contribution in [0.2, 0.25) is 0 Å². The van der Waals surface area contributed by atoms with Crippen LogP contribution >= 0.6 is 0 Å². The van der Waals surface area contributed by atoms with Crippen molar-refractivity contribution in [2.45, 2.75) is 26.1 Å². The first-order chi connectivity index (χ1) is 17.0. The van der Waals surface area contributed by atoms with Gasteiger partial charge in [0.1, 0.15) is 35.7 Å². The molecule has 3 aromatic carbocycles. The average molecular weight is 474 g/mol. The number of ether oxygens (including phenoxy) is 3. The second-order valence-corrected chi connectivity index (χ2v) is 9.17. The first-order valence-corrected chi connectivity index (χ1v) is 12.0. The molecular weight excluding hydrogens is 442 g/mol. The Bertz CT molecular complexity index is 1220. The molecule has 5 rings (SSSR count). The number of phenols is 2. The Hall–Kier alpha value is -3.48. The van der Waals surface area contributed by atoms with Gasteiger partial charge in [0.2, 0.25) is 0 Å². The smallest absolute Gasteiger partial charge is 0.150 e. The Balaban J connectivity index is 1.38. The molecule has 2 N–H and O–H groups in total. The SMILES string of the molecule is CC1=C(c2cccc(O)c2)C(c2ccc(OCCN3CCO[C@H](C)C3)cc2)Oc2ccc(O)cc21. The maximum atomic E-state index is 10.1. The molecule has 6 nitrogen and oxygen atoms in total. The van der Waals surface area contributed by atoms with Crippen LogP contribution in [0.1, 0.15) is 36.6 Å². The summed E-state index contributed by atoms with van der Waals surface area (Å²) in [5, 5.41) is 20.2. The largest absolute Gasteiger partial charge is 0.508 e. The van der Waals surface area contributed by atoms with Crippen LogP contribution < -0.4 is 9.47 Å². The van der Waals surface area contributed by atoms with Crippen molar-refractivity contribution in [2.75, 3.05) is 32.8 Å². The van der Waals surface area contributed by atoms with Gasteiger partial charge in [0, 0.05) is 30.8 Å². The zero-order valence-corrected chi connectivity index (χ0v) is 20.1. The summed E-state index contributed by atoms with van der Waals surface area (Å²) >= 11 is 0. The van der Waals surface area contributed by atoms with E-state index in [1.54, 1.807) is 30.3 Å². The van der Waals surface area contributed by atoms with Gasteiger partial charge in [-0.3, -0.25) is 4.90 Å². The number of rotatable bonds is 6. The molecule has 0 aromatic heterocycles. The van der Waals surface area contributed by atoms with Crippen LogP contribution in [-0.2, 0) is 4.74 Å². The van der Waals surface area contributed by atoms with E-state index < -0.39 is 0 Å². The zero-order valence-electron chi connectivity index (χ0n) is 20.1. The molecule has 35 heavy (non-hydrogen) atoms. The van der Waals surface area contributed by atoms with Crippen molar-refractivity contribution in [2.24, 2.45) is 0 Å². The molecule has 2 atom stereocenters. The van der Waals surface area contributed by atoms with Crippen LogP contribution in [0.3, 0.4) is 0 Å². The Labute approximate surface area is 206 Å². The molecule has 0 saturated carbocycles. The van der Waals surface area contributed by atoms with E-state index in [4.69, 9.17) is 14.2 Å². The van der Waals surface area contributed by atoms with Crippen molar-refractivity contribution in [3.63, 3.8) is 0 Å². The Morgan fingerprint density at radius 1 is 1.00 bits per heavy atom. The molecule has 0 radical (unpaired) electrons. The van der Waals surface area contributed by atoms with Crippen molar-refractivity contribution in [3.8, 4) is 23.0 Å². The molecule has 0 aliphatic carbocycles. The fourth-order valence-corrected chi connectivity index (χ4v) is 4.84. The predicted molar refractivity (Wildman–Crippen MR) is 136 cm³/mol. The minimum atomic E-state index is -0.363. The molecule has 3 aromatic rings. The Kier molecular flexibility index (Phi) is 6.66. The molecule has 1 saturated heterocycles. The second-order valence-electron chi connectivity index (χ2n) is 9.17. The number of hydrogen-bond acceptors (Lipinski definition) is 6. The lowest BCUT2D eigenvalue weighted by atomic mass is 9.86. The molecule has 1 unspecified atom stereocenters. The molecule has 1 fully saturated rings. The Morgan fingerprint density at radius 2 is 1.80 bits per heavy atom. The van der Waals surface area contributed by atoms with Crippen LogP contribution in [0.25, 0.3) is 11.1 Å². The van der Waals surface area contributed by atoms with Crippen molar-refractivity contribution >= 4 is 11.1 Å². The fraction of sp³-hybridized carbons (Fsp3) is 0.310. The van der Waals surface area contributed by atoms with E-state index in [-0.39, 0.29) is 23.7 Å². The van der Waals surface area contributed by atoms with E-state index in [2.05, 4.69) is 11.8 Å². The highest BCUT2D eigenvalue weighted by molar-refractivity contribution is 5.95. The third-order valence-electron chi connectivity index (χ3n) is 6.62. The van der Waals surface area contributed by atoms with Gasteiger partial charge < -0.3 is 24.4 Å². The summed E-state index contributed by atoms with van der Waals surface area (Å²) in [6.45, 7) is 8.26. The third kappa shape index (κ3) is 5.14. The summed E-state index contributed by atoms with van der Waals surface area (Å²) < 4.78 is 18.1.